The van der Waals surface area contributed by atoms with Gasteiger partial charge in [0.05, 0.1) is 11.9 Å². The summed E-state index contributed by atoms with van der Waals surface area (Å²) in [5.41, 5.74) is 0.337. The van der Waals surface area contributed by atoms with E-state index in [0.29, 0.717) is 11.8 Å². The average molecular weight is 356 g/mol. The minimum atomic E-state index is -1.02. The predicted molar refractivity (Wildman–Crippen MR) is 91.4 cm³/mol. The Kier molecular flexibility index (Phi) is 4.83. The van der Waals surface area contributed by atoms with Crippen molar-refractivity contribution in [2.24, 2.45) is 0 Å². The van der Waals surface area contributed by atoms with Crippen molar-refractivity contribution in [1.29, 1.82) is 0 Å². The van der Waals surface area contributed by atoms with Crippen LogP contribution in [0.4, 0.5) is 14.5 Å². The number of amides is 1. The van der Waals surface area contributed by atoms with Crippen LogP contribution in [0.15, 0.2) is 59.5 Å². The van der Waals surface area contributed by atoms with Crippen LogP contribution in [0, 0.1) is 11.6 Å². The van der Waals surface area contributed by atoms with Crippen LogP contribution >= 0.6 is 0 Å². The lowest BCUT2D eigenvalue weighted by molar-refractivity contribution is -0.119. The summed E-state index contributed by atoms with van der Waals surface area (Å²) in [6, 6.07) is 10.6. The Labute approximate surface area is 147 Å². The minimum absolute atomic E-state index is 0.0544. The van der Waals surface area contributed by atoms with E-state index in [2.05, 4.69) is 15.4 Å². The van der Waals surface area contributed by atoms with Crippen LogP contribution in [0.1, 0.15) is 13.0 Å². The zero-order chi connectivity index (χ0) is 18.7. The highest BCUT2D eigenvalue weighted by atomic mass is 19.1. The smallest absolute Gasteiger partial charge is 0.324 e. The van der Waals surface area contributed by atoms with Crippen LogP contribution in [0.2, 0.25) is 0 Å². The normalized spacial score (nSPS) is 11.8. The fourth-order valence-electron chi connectivity index (χ4n) is 2.35. The average Bonchev–Trinajstić information content (AvgIpc) is 2.61. The van der Waals surface area contributed by atoms with Gasteiger partial charge in [-0.25, -0.2) is 18.3 Å². The molecular weight excluding hydrogens is 342 g/mol. The molecule has 0 radical (unpaired) electrons. The van der Waals surface area contributed by atoms with Crippen LogP contribution in [-0.4, -0.2) is 20.7 Å². The van der Waals surface area contributed by atoms with Gasteiger partial charge in [-0.2, -0.15) is 10.1 Å². The van der Waals surface area contributed by atoms with Crippen molar-refractivity contribution in [3.8, 4) is 11.3 Å². The van der Waals surface area contributed by atoms with Gasteiger partial charge in [-0.05, 0) is 19.1 Å². The quantitative estimate of drug-likeness (QED) is 0.780. The number of hydrogen-bond acceptors (Lipinski definition) is 4. The molecule has 1 unspecified atom stereocenters. The van der Waals surface area contributed by atoms with Gasteiger partial charge in [-0.1, -0.05) is 30.3 Å². The fraction of sp³-hybridized carbons (Fsp3) is 0.111. The third-order valence-electron chi connectivity index (χ3n) is 3.66. The summed E-state index contributed by atoms with van der Waals surface area (Å²) in [4.78, 5) is 28.4. The Bertz CT molecular complexity index is 985. The first kappa shape index (κ1) is 17.4. The molecule has 3 rings (SSSR count). The van der Waals surface area contributed by atoms with Crippen LogP contribution < -0.4 is 11.0 Å². The van der Waals surface area contributed by atoms with E-state index in [1.807, 2.05) is 6.07 Å². The molecule has 1 amide bonds. The first-order valence-electron chi connectivity index (χ1n) is 7.72. The van der Waals surface area contributed by atoms with Crippen molar-refractivity contribution in [3.05, 3.63) is 76.8 Å². The van der Waals surface area contributed by atoms with Crippen molar-refractivity contribution >= 4 is 11.6 Å². The van der Waals surface area contributed by atoms with Crippen molar-refractivity contribution in [1.82, 2.24) is 14.8 Å². The number of carbonyl (C=O) groups excluding carboxylic acids is 1. The van der Waals surface area contributed by atoms with E-state index in [1.165, 1.54) is 13.1 Å². The Hall–Kier alpha value is -3.42. The Morgan fingerprint density at radius 2 is 1.77 bits per heavy atom. The van der Waals surface area contributed by atoms with E-state index in [-0.39, 0.29) is 5.69 Å². The standard InChI is InChI=1S/C18H14F2N4O2/c1-11(17(25)22-15-8-13(19)7-14(20)9-15)24-18(26)23-16(10-21-24)12-5-3-2-4-6-12/h2-11H,1H3,(H,22,25). The van der Waals surface area contributed by atoms with E-state index < -0.39 is 29.3 Å². The summed E-state index contributed by atoms with van der Waals surface area (Å²) in [7, 11) is 0. The van der Waals surface area contributed by atoms with E-state index in [1.54, 1.807) is 24.3 Å². The molecule has 0 aliphatic rings. The van der Waals surface area contributed by atoms with E-state index in [4.69, 9.17) is 0 Å². The van der Waals surface area contributed by atoms with Crippen LogP contribution in [0.3, 0.4) is 0 Å². The summed E-state index contributed by atoms with van der Waals surface area (Å²) in [5, 5.41) is 6.33. The largest absolute Gasteiger partial charge is 0.365 e. The number of anilines is 1. The lowest BCUT2D eigenvalue weighted by Crippen LogP contribution is -2.34. The topological polar surface area (TPSA) is 76.9 Å². The first-order valence-corrected chi connectivity index (χ1v) is 7.72. The summed E-state index contributed by atoms with van der Waals surface area (Å²) in [6.07, 6.45) is 1.38. The second-order valence-corrected chi connectivity index (χ2v) is 5.56. The van der Waals surface area contributed by atoms with E-state index in [9.17, 15) is 18.4 Å². The van der Waals surface area contributed by atoms with E-state index >= 15 is 0 Å². The molecule has 132 valence electrons. The number of benzene rings is 2. The van der Waals surface area contributed by atoms with Gasteiger partial charge in [0.25, 0.3) is 0 Å². The maximum Gasteiger partial charge on any atom is 0.365 e. The van der Waals surface area contributed by atoms with Gasteiger partial charge in [0, 0.05) is 17.3 Å². The number of aromatic nitrogens is 3. The van der Waals surface area contributed by atoms with Gasteiger partial charge in [0.2, 0.25) is 5.91 Å². The van der Waals surface area contributed by atoms with Crippen molar-refractivity contribution < 1.29 is 13.6 Å². The SMILES string of the molecule is CC(C(=O)Nc1cc(F)cc(F)c1)n1ncc(-c2ccccc2)nc1=O. The Balaban J connectivity index is 1.82. The second-order valence-electron chi connectivity index (χ2n) is 5.56. The van der Waals surface area contributed by atoms with Crippen LogP contribution in [-0.2, 0) is 4.79 Å². The van der Waals surface area contributed by atoms with Gasteiger partial charge >= 0.3 is 5.69 Å². The summed E-state index contributed by atoms with van der Waals surface area (Å²) in [6.45, 7) is 1.43. The van der Waals surface area contributed by atoms with Crippen LogP contribution in [0.25, 0.3) is 11.3 Å². The number of nitrogens with one attached hydrogen (secondary N) is 1. The Morgan fingerprint density at radius 1 is 1.12 bits per heavy atom. The van der Waals surface area contributed by atoms with Crippen molar-refractivity contribution in [3.63, 3.8) is 0 Å². The number of halogens is 2. The number of rotatable bonds is 4. The first-order chi connectivity index (χ1) is 12.4. The molecule has 1 N–H and O–H groups in total. The monoisotopic (exact) mass is 356 g/mol. The molecule has 26 heavy (non-hydrogen) atoms. The zero-order valence-corrected chi connectivity index (χ0v) is 13.7. The molecule has 0 fully saturated rings. The van der Waals surface area contributed by atoms with Crippen LogP contribution in [0.5, 0.6) is 0 Å². The highest BCUT2D eigenvalue weighted by Gasteiger charge is 2.19. The summed E-state index contributed by atoms with van der Waals surface area (Å²) < 4.78 is 27.3. The summed E-state index contributed by atoms with van der Waals surface area (Å²) in [5.74, 6) is -2.30. The maximum absolute atomic E-state index is 13.2. The number of hydrogen-bond donors (Lipinski definition) is 1. The predicted octanol–water partition coefficient (Wildman–Crippen LogP) is 2.78. The highest BCUT2D eigenvalue weighted by Crippen LogP contribution is 2.16. The maximum atomic E-state index is 13.2. The molecule has 3 aromatic rings. The fourth-order valence-corrected chi connectivity index (χ4v) is 2.35. The zero-order valence-electron chi connectivity index (χ0n) is 13.7. The molecule has 0 aliphatic carbocycles. The van der Waals surface area contributed by atoms with Crippen molar-refractivity contribution in [2.45, 2.75) is 13.0 Å². The minimum Gasteiger partial charge on any atom is -0.324 e. The molecule has 0 spiro atoms. The van der Waals surface area contributed by atoms with Gasteiger partial charge in [0.1, 0.15) is 17.7 Å². The van der Waals surface area contributed by atoms with Gasteiger partial charge in [-0.15, -0.1) is 0 Å². The van der Waals surface area contributed by atoms with Gasteiger partial charge < -0.3 is 5.32 Å². The molecule has 0 bridgehead atoms. The van der Waals surface area contributed by atoms with E-state index in [0.717, 1.165) is 22.4 Å². The summed E-state index contributed by atoms with van der Waals surface area (Å²) >= 11 is 0. The highest BCUT2D eigenvalue weighted by molar-refractivity contribution is 5.93. The molecule has 0 saturated heterocycles. The number of nitrogens with zero attached hydrogens (tertiary/aromatic N) is 3. The second kappa shape index (κ2) is 7.22. The van der Waals surface area contributed by atoms with Gasteiger partial charge in [-0.3, -0.25) is 4.79 Å². The molecule has 2 aromatic carbocycles. The Morgan fingerprint density at radius 3 is 2.38 bits per heavy atom. The molecule has 6 nitrogen and oxygen atoms in total. The third kappa shape index (κ3) is 3.80. The van der Waals surface area contributed by atoms with Crippen molar-refractivity contribution in [2.75, 3.05) is 5.32 Å². The molecular formula is C18H14F2N4O2. The number of carbonyl (C=O) groups is 1. The lowest BCUT2D eigenvalue weighted by Gasteiger charge is -2.14. The molecule has 1 aromatic heterocycles. The van der Waals surface area contributed by atoms with Gasteiger partial charge in [0.15, 0.2) is 0 Å². The lowest BCUT2D eigenvalue weighted by atomic mass is 10.2. The molecule has 1 heterocycles. The molecule has 0 aliphatic heterocycles. The molecule has 8 heteroatoms. The molecule has 0 saturated carbocycles. The third-order valence-corrected chi connectivity index (χ3v) is 3.66. The molecule has 1 atom stereocenters.